The molecule has 0 aliphatic carbocycles. The van der Waals surface area contributed by atoms with Gasteiger partial charge in [0.1, 0.15) is 0 Å². The van der Waals surface area contributed by atoms with E-state index in [-0.39, 0.29) is 5.78 Å². The highest BCUT2D eigenvalue weighted by Crippen LogP contribution is 2.38. The number of nitrogens with zero attached hydrogens (tertiary/aromatic N) is 1. The van der Waals surface area contributed by atoms with E-state index < -0.39 is 0 Å². The van der Waals surface area contributed by atoms with Crippen LogP contribution in [0.15, 0.2) is 42.5 Å². The van der Waals surface area contributed by atoms with Crippen LogP contribution in [0.4, 0.5) is 11.4 Å². The van der Waals surface area contributed by atoms with Crippen molar-refractivity contribution in [1.82, 2.24) is 0 Å². The van der Waals surface area contributed by atoms with Crippen LogP contribution in [0.3, 0.4) is 0 Å². The van der Waals surface area contributed by atoms with Crippen molar-refractivity contribution in [1.29, 1.82) is 0 Å². The number of aryl methyl sites for hydroxylation is 1. The van der Waals surface area contributed by atoms with Gasteiger partial charge in [0, 0.05) is 30.8 Å². The topological polar surface area (TPSA) is 32.3 Å². The molecule has 0 saturated carbocycles. The molecule has 0 atom stereocenters. The molecule has 3 nitrogen and oxygen atoms in total. The Labute approximate surface area is 180 Å². The summed E-state index contributed by atoms with van der Waals surface area (Å²) in [7, 11) is 0. The Hall–Kier alpha value is -1.94. The van der Waals surface area contributed by atoms with E-state index in [1.165, 1.54) is 16.8 Å². The first-order valence-electron chi connectivity index (χ1n) is 10.9. The third-order valence-corrected chi connectivity index (χ3v) is 6.47. The molecule has 0 amide bonds. The second kappa shape index (κ2) is 10.7. The van der Waals surface area contributed by atoms with E-state index in [1.54, 1.807) is 11.9 Å². The lowest BCUT2D eigenvalue weighted by atomic mass is 9.94. The molecule has 4 heteroatoms. The Morgan fingerprint density at radius 1 is 1.21 bits per heavy atom. The fraction of sp³-hybridized carbons (Fsp3) is 0.480. The minimum Gasteiger partial charge on any atom is -0.365 e. The second-order valence-corrected chi connectivity index (χ2v) is 9.20. The smallest absolute Gasteiger partial charge is 0.162 e. The number of unbranched alkanes of at least 4 members (excludes halogenated alkanes) is 1. The predicted octanol–water partition coefficient (Wildman–Crippen LogP) is 6.73. The standard InChI is InChI=1S/C25H34N2OS/c1-4-5-13-24(28)22-15-21-12-9-14-27(17-20-10-7-6-8-11-20)25(21)23(16-22)26-29-18-19(2)3/h6-8,10-11,15-16,19,26H,4-5,9,12-14,17-18H2,1-3H3. The predicted molar refractivity (Wildman–Crippen MR) is 127 cm³/mol. The maximum absolute atomic E-state index is 12.7. The lowest BCUT2D eigenvalue weighted by Gasteiger charge is -2.34. The van der Waals surface area contributed by atoms with Gasteiger partial charge in [-0.05, 0) is 48.4 Å². The molecule has 0 aromatic heterocycles. The lowest BCUT2D eigenvalue weighted by Crippen LogP contribution is -2.30. The molecule has 0 bridgehead atoms. The minimum atomic E-state index is 0.270. The summed E-state index contributed by atoms with van der Waals surface area (Å²) in [5, 5.41) is 0. The van der Waals surface area contributed by atoms with E-state index in [1.807, 2.05) is 0 Å². The molecule has 29 heavy (non-hydrogen) atoms. The van der Waals surface area contributed by atoms with Crippen molar-refractivity contribution in [2.24, 2.45) is 5.92 Å². The Kier molecular flexibility index (Phi) is 8.05. The van der Waals surface area contributed by atoms with Crippen LogP contribution in [-0.2, 0) is 13.0 Å². The maximum Gasteiger partial charge on any atom is 0.162 e. The number of hydrogen-bond acceptors (Lipinski definition) is 4. The van der Waals surface area contributed by atoms with Gasteiger partial charge in [0.2, 0.25) is 0 Å². The van der Waals surface area contributed by atoms with Gasteiger partial charge in [0.25, 0.3) is 0 Å². The van der Waals surface area contributed by atoms with Crippen molar-refractivity contribution in [3.8, 4) is 0 Å². The van der Waals surface area contributed by atoms with E-state index in [9.17, 15) is 4.79 Å². The number of Topliss-reactive ketones (excluding diaryl/α,β-unsaturated/α-hetero) is 1. The Morgan fingerprint density at radius 2 is 2.00 bits per heavy atom. The van der Waals surface area contributed by atoms with Crippen LogP contribution < -0.4 is 9.62 Å². The first kappa shape index (κ1) is 21.8. The fourth-order valence-corrected chi connectivity index (χ4v) is 4.53. The molecule has 2 aromatic rings. The zero-order valence-corrected chi connectivity index (χ0v) is 18.9. The van der Waals surface area contributed by atoms with Crippen molar-refractivity contribution in [3.05, 3.63) is 59.2 Å². The molecule has 156 valence electrons. The third kappa shape index (κ3) is 6.02. The second-order valence-electron chi connectivity index (χ2n) is 8.38. The van der Waals surface area contributed by atoms with Crippen LogP contribution in [-0.4, -0.2) is 18.1 Å². The lowest BCUT2D eigenvalue weighted by molar-refractivity contribution is 0.0979. The average Bonchev–Trinajstić information content (AvgIpc) is 2.72. The summed E-state index contributed by atoms with van der Waals surface area (Å²) in [6.07, 6.45) is 4.82. The first-order chi connectivity index (χ1) is 14.1. The van der Waals surface area contributed by atoms with Crippen LogP contribution in [0.1, 0.15) is 67.9 Å². The van der Waals surface area contributed by atoms with E-state index in [4.69, 9.17) is 0 Å². The highest BCUT2D eigenvalue weighted by Gasteiger charge is 2.23. The summed E-state index contributed by atoms with van der Waals surface area (Å²) in [6.45, 7) is 8.55. The Balaban J connectivity index is 1.91. The monoisotopic (exact) mass is 410 g/mol. The Morgan fingerprint density at radius 3 is 2.72 bits per heavy atom. The van der Waals surface area contributed by atoms with Gasteiger partial charge in [-0.15, -0.1) is 0 Å². The highest BCUT2D eigenvalue weighted by atomic mass is 32.2. The van der Waals surface area contributed by atoms with Crippen molar-refractivity contribution in [2.45, 2.75) is 59.4 Å². The number of nitrogens with one attached hydrogen (secondary N) is 1. The molecule has 0 spiro atoms. The molecular formula is C25H34N2OS. The molecule has 1 heterocycles. The number of hydrogen-bond donors (Lipinski definition) is 1. The number of carbonyl (C=O) groups excluding carboxylic acids is 1. The molecule has 1 aliphatic rings. The van der Waals surface area contributed by atoms with Crippen molar-refractivity contribution < 1.29 is 4.79 Å². The summed E-state index contributed by atoms with van der Waals surface area (Å²) in [4.78, 5) is 15.2. The zero-order valence-electron chi connectivity index (χ0n) is 18.0. The van der Waals surface area contributed by atoms with Gasteiger partial charge in [-0.25, -0.2) is 0 Å². The molecule has 3 rings (SSSR count). The molecule has 0 radical (unpaired) electrons. The normalized spacial score (nSPS) is 13.4. The first-order valence-corrected chi connectivity index (χ1v) is 11.9. The van der Waals surface area contributed by atoms with Gasteiger partial charge in [0.15, 0.2) is 5.78 Å². The summed E-state index contributed by atoms with van der Waals surface area (Å²) in [5.41, 5.74) is 5.88. The largest absolute Gasteiger partial charge is 0.365 e. The number of rotatable bonds is 10. The molecule has 0 fully saturated rings. The SMILES string of the molecule is CCCCC(=O)c1cc2c(c(NSCC(C)C)c1)N(Cc1ccccc1)CCC2. The maximum atomic E-state index is 12.7. The zero-order chi connectivity index (χ0) is 20.6. The van der Waals surface area contributed by atoms with Gasteiger partial charge in [0.05, 0.1) is 11.4 Å². The van der Waals surface area contributed by atoms with E-state index >= 15 is 0 Å². The van der Waals surface area contributed by atoms with Crippen LogP contribution in [0.2, 0.25) is 0 Å². The summed E-state index contributed by atoms with van der Waals surface area (Å²) in [5.74, 6) is 1.94. The number of fused-ring (bicyclic) bond motifs is 1. The van der Waals surface area contributed by atoms with Crippen LogP contribution in [0.5, 0.6) is 0 Å². The number of ketones is 1. The fourth-order valence-electron chi connectivity index (χ4n) is 3.80. The highest BCUT2D eigenvalue weighted by molar-refractivity contribution is 8.00. The number of benzene rings is 2. The van der Waals surface area contributed by atoms with Crippen molar-refractivity contribution in [3.63, 3.8) is 0 Å². The van der Waals surface area contributed by atoms with Gasteiger partial charge in [-0.3, -0.25) is 4.79 Å². The van der Waals surface area contributed by atoms with Gasteiger partial charge in [-0.1, -0.05) is 69.5 Å². The molecule has 2 aromatic carbocycles. The molecule has 1 N–H and O–H groups in total. The molecule has 1 aliphatic heterocycles. The van der Waals surface area contributed by atoms with E-state index in [0.29, 0.717) is 12.3 Å². The number of carbonyl (C=O) groups is 1. The van der Waals surface area contributed by atoms with Crippen LogP contribution >= 0.6 is 11.9 Å². The van der Waals surface area contributed by atoms with Crippen molar-refractivity contribution in [2.75, 3.05) is 21.9 Å². The summed E-state index contributed by atoms with van der Waals surface area (Å²) >= 11 is 1.75. The number of anilines is 2. The van der Waals surface area contributed by atoms with E-state index in [2.05, 4.69) is 72.9 Å². The third-order valence-electron chi connectivity index (χ3n) is 5.27. The average molecular weight is 411 g/mol. The summed E-state index contributed by atoms with van der Waals surface area (Å²) in [6, 6.07) is 14.9. The quantitative estimate of drug-likeness (QED) is 0.348. The summed E-state index contributed by atoms with van der Waals surface area (Å²) < 4.78 is 3.59. The molecular weight excluding hydrogens is 376 g/mol. The van der Waals surface area contributed by atoms with Crippen LogP contribution in [0.25, 0.3) is 0 Å². The van der Waals surface area contributed by atoms with Crippen molar-refractivity contribution >= 4 is 29.1 Å². The molecule has 0 unspecified atom stereocenters. The van der Waals surface area contributed by atoms with Crippen LogP contribution in [0, 0.1) is 5.92 Å². The van der Waals surface area contributed by atoms with Gasteiger partial charge in [-0.2, -0.15) is 0 Å². The molecule has 0 saturated heterocycles. The van der Waals surface area contributed by atoms with E-state index in [0.717, 1.165) is 55.8 Å². The van der Waals surface area contributed by atoms with Gasteiger partial charge >= 0.3 is 0 Å². The Bertz CT molecular complexity index is 804. The minimum absolute atomic E-state index is 0.270. The van der Waals surface area contributed by atoms with Gasteiger partial charge < -0.3 is 9.62 Å².